The third-order valence-corrected chi connectivity index (χ3v) is 13.1. The van der Waals surface area contributed by atoms with Crippen molar-refractivity contribution in [3.05, 3.63) is 253 Å². The van der Waals surface area contributed by atoms with E-state index in [1.165, 1.54) is 0 Å². The van der Waals surface area contributed by atoms with Gasteiger partial charge in [0.2, 0.25) is 0 Å². The van der Waals surface area contributed by atoms with Crippen molar-refractivity contribution in [1.82, 2.24) is 19.9 Å². The fraction of sp³-hybridized carbons (Fsp3) is 0.0164. The maximum absolute atomic E-state index is 6.65. The smallest absolute Gasteiger partial charge is 0.127 e. The minimum absolute atomic E-state index is 0.737. The van der Waals surface area contributed by atoms with Crippen LogP contribution < -0.4 is 9.47 Å². The van der Waals surface area contributed by atoms with Gasteiger partial charge in [0.15, 0.2) is 0 Å². The highest BCUT2D eigenvalue weighted by molar-refractivity contribution is 6.04. The topological polar surface area (TPSA) is 70.0 Å². The summed E-state index contributed by atoms with van der Waals surface area (Å²) in [5.41, 5.74) is 12.9. The first-order chi connectivity index (χ1) is 33.2. The summed E-state index contributed by atoms with van der Waals surface area (Å²) in [5.74, 6) is 3.00. The van der Waals surface area contributed by atoms with E-state index >= 15 is 0 Å². The van der Waals surface area contributed by atoms with E-state index in [0.717, 1.165) is 123 Å². The van der Waals surface area contributed by atoms with Gasteiger partial charge < -0.3 is 9.47 Å². The van der Waals surface area contributed by atoms with Crippen molar-refractivity contribution in [3.63, 3.8) is 0 Å². The van der Waals surface area contributed by atoms with Crippen LogP contribution in [0.2, 0.25) is 0 Å². The molecule has 67 heavy (non-hydrogen) atoms. The third-order valence-electron chi connectivity index (χ3n) is 13.1. The molecule has 0 N–H and O–H groups in total. The van der Waals surface area contributed by atoms with Gasteiger partial charge in [0.1, 0.15) is 23.0 Å². The molecular weight excluding hydrogens is 821 g/mol. The van der Waals surface area contributed by atoms with Crippen molar-refractivity contribution in [2.75, 3.05) is 0 Å². The molecule has 0 saturated carbocycles. The number of hydrogen-bond donors (Lipinski definition) is 0. The van der Waals surface area contributed by atoms with Crippen LogP contribution in [0.5, 0.6) is 23.0 Å². The minimum atomic E-state index is -0.876. The van der Waals surface area contributed by atoms with Gasteiger partial charge in [0, 0.05) is 45.1 Å². The van der Waals surface area contributed by atoms with Gasteiger partial charge in [0.25, 0.3) is 0 Å². The Morgan fingerprint density at radius 2 is 0.746 bits per heavy atom. The number of benzene rings is 8. The highest BCUT2D eigenvalue weighted by Gasteiger charge is 2.47. The van der Waals surface area contributed by atoms with Gasteiger partial charge in [-0.1, -0.05) is 133 Å². The molecule has 0 amide bonds. The van der Waals surface area contributed by atoms with E-state index in [2.05, 4.69) is 146 Å². The summed E-state index contributed by atoms with van der Waals surface area (Å²) in [7, 11) is 0. The maximum atomic E-state index is 6.65. The molecule has 0 saturated heterocycles. The molecule has 0 bridgehead atoms. The van der Waals surface area contributed by atoms with Crippen molar-refractivity contribution >= 4 is 43.6 Å². The van der Waals surface area contributed by atoms with Gasteiger partial charge in [-0.2, -0.15) is 0 Å². The molecule has 4 heterocycles. The molecule has 0 unspecified atom stereocenters. The highest BCUT2D eigenvalue weighted by Crippen LogP contribution is 2.58. The van der Waals surface area contributed by atoms with E-state index in [0.29, 0.717) is 0 Å². The van der Waals surface area contributed by atoms with Crippen LogP contribution in [-0.4, -0.2) is 19.9 Å². The van der Waals surface area contributed by atoms with Crippen LogP contribution in [0.4, 0.5) is 0 Å². The first-order valence-electron chi connectivity index (χ1n) is 22.4. The maximum Gasteiger partial charge on any atom is 0.127 e. The lowest BCUT2D eigenvalue weighted by molar-refractivity contribution is 0.480. The Balaban J connectivity index is 1.07. The average molecular weight is 859 g/mol. The number of pyridine rings is 4. The Kier molecular flexibility index (Phi) is 8.96. The molecule has 0 radical (unpaired) electrons. The second kappa shape index (κ2) is 15.6. The van der Waals surface area contributed by atoms with Crippen LogP contribution in [0, 0.1) is 0 Å². The highest BCUT2D eigenvalue weighted by atomic mass is 16.5. The summed E-state index contributed by atoms with van der Waals surface area (Å²) in [5, 5.41) is 4.19. The molecule has 314 valence electrons. The van der Waals surface area contributed by atoms with E-state index in [1.54, 1.807) is 0 Å². The van der Waals surface area contributed by atoms with Gasteiger partial charge in [-0.3, -0.25) is 9.97 Å². The quantitative estimate of drug-likeness (QED) is 0.142. The molecule has 0 aliphatic heterocycles. The Morgan fingerprint density at radius 3 is 1.21 bits per heavy atom. The van der Waals surface area contributed by atoms with Crippen LogP contribution in [0.3, 0.4) is 0 Å². The Morgan fingerprint density at radius 1 is 0.313 bits per heavy atom. The monoisotopic (exact) mass is 858 g/mol. The molecule has 8 aromatic carbocycles. The van der Waals surface area contributed by atoms with Crippen LogP contribution in [0.15, 0.2) is 231 Å². The van der Waals surface area contributed by atoms with E-state index < -0.39 is 5.41 Å². The zero-order valence-corrected chi connectivity index (χ0v) is 36.0. The molecule has 1 aliphatic rings. The largest absolute Gasteiger partial charge is 0.457 e. The van der Waals surface area contributed by atoms with Gasteiger partial charge in [0.05, 0.1) is 38.9 Å². The normalized spacial score (nSPS) is 12.6. The zero-order chi connectivity index (χ0) is 44.3. The summed E-state index contributed by atoms with van der Waals surface area (Å²) >= 11 is 0. The summed E-state index contributed by atoms with van der Waals surface area (Å²) in [6.45, 7) is 0. The standard InChI is InChI=1S/C61H38N4O2/c1-3-17-47(18-4-1)66-49-27-29-51-52-30-28-50(67-48-19-5-2-6-20-48)38-54(52)61(53(51)37-49,45-15-7-11-43(35-45)55-31-25-41-23-21-39-13-9-33-62-57(39)59(41)64-55)46-16-8-12-44(36-46)56-32-26-42-24-22-40-14-10-34-63-58(40)60(42)65-56/h1-38H. The Hall–Kier alpha value is -9.00. The molecule has 0 atom stereocenters. The lowest BCUT2D eigenvalue weighted by Gasteiger charge is -2.35. The van der Waals surface area contributed by atoms with Gasteiger partial charge >= 0.3 is 0 Å². The summed E-state index contributed by atoms with van der Waals surface area (Å²) in [6.07, 6.45) is 3.67. The fourth-order valence-electron chi connectivity index (χ4n) is 10.0. The van der Waals surface area contributed by atoms with Crippen LogP contribution >= 0.6 is 0 Å². The predicted molar refractivity (Wildman–Crippen MR) is 269 cm³/mol. The number of nitrogens with zero attached hydrogens (tertiary/aromatic N) is 4. The van der Waals surface area contributed by atoms with Crippen LogP contribution in [-0.2, 0) is 5.41 Å². The molecule has 13 rings (SSSR count). The minimum Gasteiger partial charge on any atom is -0.457 e. The third kappa shape index (κ3) is 6.49. The lowest BCUT2D eigenvalue weighted by atomic mass is 9.67. The van der Waals surface area contributed by atoms with Gasteiger partial charge in [-0.15, -0.1) is 0 Å². The second-order valence-corrected chi connectivity index (χ2v) is 17.0. The summed E-state index contributed by atoms with van der Waals surface area (Å²) in [4.78, 5) is 20.2. The molecule has 0 fully saturated rings. The number of rotatable bonds is 8. The van der Waals surface area contributed by atoms with E-state index in [1.807, 2.05) is 85.2 Å². The molecule has 4 aromatic heterocycles. The first-order valence-corrected chi connectivity index (χ1v) is 22.4. The Labute approximate surface area is 386 Å². The van der Waals surface area contributed by atoms with Gasteiger partial charge in [-0.05, 0) is 118 Å². The van der Waals surface area contributed by atoms with Gasteiger partial charge in [-0.25, -0.2) is 9.97 Å². The number of aromatic nitrogens is 4. The van der Waals surface area contributed by atoms with Crippen molar-refractivity contribution in [2.45, 2.75) is 5.41 Å². The number of ether oxygens (including phenoxy) is 2. The van der Waals surface area contributed by atoms with Crippen molar-refractivity contribution in [3.8, 4) is 56.6 Å². The molecular formula is C61H38N4O2. The Bertz CT molecular complexity index is 3640. The van der Waals surface area contributed by atoms with Crippen LogP contribution in [0.25, 0.3) is 77.3 Å². The average Bonchev–Trinajstić information content (AvgIpc) is 3.68. The fourth-order valence-corrected chi connectivity index (χ4v) is 10.0. The summed E-state index contributed by atoms with van der Waals surface area (Å²) in [6, 6.07) is 75.7. The molecule has 1 aliphatic carbocycles. The van der Waals surface area contributed by atoms with E-state index in [9.17, 15) is 0 Å². The van der Waals surface area contributed by atoms with Crippen molar-refractivity contribution in [2.24, 2.45) is 0 Å². The molecule has 0 spiro atoms. The molecule has 6 heteroatoms. The zero-order valence-electron chi connectivity index (χ0n) is 36.0. The first kappa shape index (κ1) is 38.5. The number of hydrogen-bond acceptors (Lipinski definition) is 6. The summed E-state index contributed by atoms with van der Waals surface area (Å²) < 4.78 is 13.3. The second-order valence-electron chi connectivity index (χ2n) is 17.0. The van der Waals surface area contributed by atoms with Crippen molar-refractivity contribution < 1.29 is 9.47 Å². The van der Waals surface area contributed by atoms with E-state index in [-0.39, 0.29) is 0 Å². The molecule has 6 nitrogen and oxygen atoms in total. The van der Waals surface area contributed by atoms with Crippen LogP contribution in [0.1, 0.15) is 22.3 Å². The van der Waals surface area contributed by atoms with Crippen molar-refractivity contribution in [1.29, 1.82) is 0 Å². The number of fused-ring (bicyclic) bond motifs is 9. The number of para-hydroxylation sites is 2. The molecule has 12 aromatic rings. The lowest BCUT2D eigenvalue weighted by Crippen LogP contribution is -2.29. The van der Waals surface area contributed by atoms with E-state index in [4.69, 9.17) is 29.4 Å². The SMILES string of the molecule is c1ccc(Oc2ccc3c(c2)C(c2cccc(-c4ccc5ccc6cccnc6c5n4)c2)(c2cccc(-c4ccc5ccc6cccnc6c5n4)c2)c2cc(Oc4ccccc4)ccc2-3)cc1. The predicted octanol–water partition coefficient (Wildman–Crippen LogP) is 15.2.